The molecule has 13 nitrogen and oxygen atoms in total. The average Bonchev–Trinajstić information content (AvgIpc) is 1.57. The van der Waals surface area contributed by atoms with E-state index in [0.717, 1.165) is 110 Å². The highest BCUT2D eigenvalue weighted by atomic mass is 15.2. The summed E-state index contributed by atoms with van der Waals surface area (Å²) in [4.78, 5) is 23.3. The molecule has 0 fully saturated rings. The molecule has 0 bridgehead atoms. The maximum Gasteiger partial charge on any atom is 0.167 e. The van der Waals surface area contributed by atoms with Crippen LogP contribution in [-0.2, 0) is 0 Å². The molecule has 6 aromatic heterocycles. The standard InChI is InChI=1S/C86H47N13/c87-48-52-36-40-72-63(44-52)59-26-10-15-31-68(59)96(72)79-77(85-93-83(56-20-4-1-5-21-56)92-84(94-85)57-22-6-2-7-23-57)78(86-91-67-30-14-19-35-76(67)95(86)58-24-8-3-9-25-58)80(97-69-32-16-11-27-60(69)64-45-53(49-88)37-41-73(64)97)82(99-71-34-18-13-29-62(71)66-47-55(51-90)39-43-75(66)99)81(79)98-70-33-17-12-28-61(70)65-46-54(50-89)38-42-74(65)98/h1-47H. The molecule has 0 aliphatic carbocycles. The van der Waals surface area contributed by atoms with Crippen LogP contribution in [0.5, 0.6) is 0 Å². The molecule has 19 aromatic rings. The Bertz CT molecular complexity index is 6780. The van der Waals surface area contributed by atoms with Gasteiger partial charge < -0.3 is 18.3 Å². The Morgan fingerprint density at radius 1 is 0.232 bits per heavy atom. The van der Waals surface area contributed by atoms with Crippen molar-refractivity contribution < 1.29 is 0 Å². The molecule has 0 aliphatic rings. The lowest BCUT2D eigenvalue weighted by molar-refractivity contribution is 1.00. The monoisotopic (exact) mass is 1260 g/mol. The maximum absolute atomic E-state index is 10.9. The van der Waals surface area contributed by atoms with E-state index in [1.54, 1.807) is 0 Å². The van der Waals surface area contributed by atoms with Gasteiger partial charge in [-0.2, -0.15) is 21.0 Å². The van der Waals surface area contributed by atoms with Crippen molar-refractivity contribution in [3.05, 3.63) is 307 Å². The Kier molecular flexibility index (Phi) is 12.5. The van der Waals surface area contributed by atoms with E-state index in [2.05, 4.69) is 150 Å². The van der Waals surface area contributed by atoms with Crippen LogP contribution in [0.2, 0.25) is 0 Å². The first-order chi connectivity index (χ1) is 49.0. The zero-order valence-corrected chi connectivity index (χ0v) is 52.4. The van der Waals surface area contributed by atoms with E-state index in [-0.39, 0.29) is 0 Å². The third kappa shape index (κ3) is 8.43. The number of aromatic nitrogens is 9. The summed E-state index contributed by atoms with van der Waals surface area (Å²) in [5.41, 5.74) is 16.0. The van der Waals surface area contributed by atoms with Crippen LogP contribution in [-0.4, -0.2) is 42.8 Å². The Morgan fingerprint density at radius 3 is 0.919 bits per heavy atom. The number of rotatable bonds is 9. The van der Waals surface area contributed by atoms with Crippen LogP contribution >= 0.6 is 0 Å². The van der Waals surface area contributed by atoms with E-state index < -0.39 is 0 Å². The van der Waals surface area contributed by atoms with Gasteiger partial charge in [0.1, 0.15) is 5.82 Å². The minimum absolute atomic E-state index is 0.300. The van der Waals surface area contributed by atoms with Gasteiger partial charge in [0.05, 0.1) is 136 Å². The average molecular weight is 1260 g/mol. The predicted octanol–water partition coefficient (Wildman–Crippen LogP) is 19.8. The molecule has 0 saturated heterocycles. The summed E-state index contributed by atoms with van der Waals surface area (Å²) in [6, 6.07) is 105. The van der Waals surface area contributed by atoms with E-state index in [0.29, 0.717) is 84.9 Å². The molecular formula is C86H47N13. The summed E-state index contributed by atoms with van der Waals surface area (Å²) in [5, 5.41) is 50.4. The Morgan fingerprint density at radius 2 is 0.535 bits per heavy atom. The summed E-state index contributed by atoms with van der Waals surface area (Å²) in [6.45, 7) is 0. The van der Waals surface area contributed by atoms with Crippen molar-refractivity contribution in [3.8, 4) is 98.3 Å². The van der Waals surface area contributed by atoms with Gasteiger partial charge in [0, 0.05) is 59.9 Å². The van der Waals surface area contributed by atoms with Gasteiger partial charge in [-0.05, 0) is 121 Å². The van der Waals surface area contributed by atoms with Crippen molar-refractivity contribution in [2.75, 3.05) is 0 Å². The van der Waals surface area contributed by atoms with Gasteiger partial charge in [0.2, 0.25) is 0 Å². The van der Waals surface area contributed by atoms with Crippen LogP contribution in [0.3, 0.4) is 0 Å². The fraction of sp³-hybridized carbons (Fsp3) is 0. The first kappa shape index (κ1) is 56.1. The fourth-order valence-corrected chi connectivity index (χ4v) is 15.1. The molecule has 0 amide bonds. The fourth-order valence-electron chi connectivity index (χ4n) is 15.1. The molecule has 0 aliphatic heterocycles. The summed E-state index contributed by atoms with van der Waals surface area (Å²) in [5.74, 6) is 1.66. The second-order valence-corrected chi connectivity index (χ2v) is 24.6. The second kappa shape index (κ2) is 22.1. The summed E-state index contributed by atoms with van der Waals surface area (Å²) in [6.07, 6.45) is 0. The van der Waals surface area contributed by atoms with Crippen LogP contribution < -0.4 is 0 Å². The van der Waals surface area contributed by atoms with Crippen LogP contribution in [0.15, 0.2) is 285 Å². The van der Waals surface area contributed by atoms with Crippen LogP contribution in [0, 0.1) is 45.3 Å². The summed E-state index contributed by atoms with van der Waals surface area (Å²) < 4.78 is 11.6. The van der Waals surface area contributed by atoms with Crippen LogP contribution in [0.25, 0.3) is 172 Å². The summed E-state index contributed by atoms with van der Waals surface area (Å²) in [7, 11) is 0. The van der Waals surface area contributed by atoms with E-state index in [1.165, 1.54) is 0 Å². The SMILES string of the molecule is N#Cc1ccc2c(c1)c1ccccc1n2-c1c(-c2nc(-c3ccccc3)nc(-c3ccccc3)n2)c(-c2nc3ccccc3n2-c2ccccc2)c(-n2c3ccccc3c3cc(C#N)ccc32)c(-n2c3ccccc3c3cc(C#N)ccc32)c1-n1c2ccccc2c2cc(C#N)ccc21. The van der Waals surface area contributed by atoms with Crippen molar-refractivity contribution in [2.24, 2.45) is 0 Å². The van der Waals surface area contributed by atoms with Gasteiger partial charge in [-0.3, -0.25) is 4.57 Å². The van der Waals surface area contributed by atoms with Crippen molar-refractivity contribution in [3.63, 3.8) is 0 Å². The van der Waals surface area contributed by atoms with Gasteiger partial charge in [0.15, 0.2) is 17.5 Å². The van der Waals surface area contributed by atoms with Crippen LogP contribution in [0.4, 0.5) is 0 Å². The highest BCUT2D eigenvalue weighted by molar-refractivity contribution is 6.19. The number of hydrogen-bond donors (Lipinski definition) is 0. The molecule has 0 radical (unpaired) electrons. The Labute approximate surface area is 564 Å². The molecule has 0 unspecified atom stereocenters. The van der Waals surface area contributed by atoms with Gasteiger partial charge >= 0.3 is 0 Å². The second-order valence-electron chi connectivity index (χ2n) is 24.6. The van der Waals surface area contributed by atoms with E-state index >= 15 is 0 Å². The zero-order valence-electron chi connectivity index (χ0n) is 52.4. The Hall–Kier alpha value is -14.5. The molecule has 13 heteroatoms. The first-order valence-electron chi connectivity index (χ1n) is 32.4. The number of nitriles is 4. The minimum Gasteiger partial charge on any atom is -0.306 e. The molecule has 456 valence electrons. The predicted molar refractivity (Wildman–Crippen MR) is 392 cm³/mol. The number of fused-ring (bicyclic) bond motifs is 13. The van der Waals surface area contributed by atoms with Gasteiger partial charge in [-0.15, -0.1) is 0 Å². The van der Waals surface area contributed by atoms with Crippen molar-refractivity contribution in [1.82, 2.24) is 42.8 Å². The van der Waals surface area contributed by atoms with Gasteiger partial charge in [-0.25, -0.2) is 19.9 Å². The van der Waals surface area contributed by atoms with E-state index in [9.17, 15) is 21.0 Å². The minimum atomic E-state index is 0.300. The van der Waals surface area contributed by atoms with Gasteiger partial charge in [-0.1, -0.05) is 164 Å². The zero-order chi connectivity index (χ0) is 66.0. The number of benzene rings is 13. The molecular weight excluding hydrogens is 1220 g/mol. The summed E-state index contributed by atoms with van der Waals surface area (Å²) >= 11 is 0. The highest BCUT2D eigenvalue weighted by Crippen LogP contribution is 2.55. The number of para-hydroxylation sites is 7. The van der Waals surface area contributed by atoms with Crippen molar-refractivity contribution in [2.45, 2.75) is 0 Å². The highest BCUT2D eigenvalue weighted by Gasteiger charge is 2.39. The maximum atomic E-state index is 10.9. The number of hydrogen-bond acceptors (Lipinski definition) is 8. The molecule has 19 rings (SSSR count). The lowest BCUT2D eigenvalue weighted by Crippen LogP contribution is -2.18. The first-order valence-corrected chi connectivity index (χ1v) is 32.4. The number of nitrogens with zero attached hydrogens (tertiary/aromatic N) is 13. The normalized spacial score (nSPS) is 11.6. The lowest BCUT2D eigenvalue weighted by Gasteiger charge is -2.31. The number of imidazole rings is 1. The van der Waals surface area contributed by atoms with Crippen molar-refractivity contribution in [1.29, 1.82) is 21.0 Å². The van der Waals surface area contributed by atoms with E-state index in [4.69, 9.17) is 19.9 Å². The molecule has 0 saturated carbocycles. The molecule has 13 aromatic carbocycles. The third-order valence-electron chi connectivity index (χ3n) is 19.2. The largest absolute Gasteiger partial charge is 0.306 e. The Balaban J connectivity index is 1.22. The third-order valence-corrected chi connectivity index (χ3v) is 19.2. The van der Waals surface area contributed by atoms with E-state index in [1.807, 2.05) is 182 Å². The molecule has 6 heterocycles. The topological polar surface area (TPSA) is 171 Å². The lowest BCUT2D eigenvalue weighted by atomic mass is 9.95. The molecule has 0 N–H and O–H groups in total. The molecule has 0 atom stereocenters. The van der Waals surface area contributed by atoms with Crippen molar-refractivity contribution >= 4 is 98.3 Å². The van der Waals surface area contributed by atoms with Crippen LogP contribution in [0.1, 0.15) is 22.3 Å². The van der Waals surface area contributed by atoms with Gasteiger partial charge in [0.25, 0.3) is 0 Å². The smallest absolute Gasteiger partial charge is 0.167 e. The molecule has 0 spiro atoms. The molecule has 99 heavy (non-hydrogen) atoms. The quantitative estimate of drug-likeness (QED) is 0.137.